The van der Waals surface area contributed by atoms with Gasteiger partial charge in [0.15, 0.2) is 0 Å². The van der Waals surface area contributed by atoms with Gasteiger partial charge in [0.2, 0.25) is 0 Å². The maximum absolute atomic E-state index is 8.24. The quantitative estimate of drug-likeness (QED) is 0.503. The lowest BCUT2D eigenvalue weighted by atomic mass is 10.4. The lowest BCUT2D eigenvalue weighted by Gasteiger charge is -1.59. The Kier molecular flexibility index (Phi) is 0.435. The molecule has 1 aromatic rings. The molecule has 0 unspecified atom stereocenters. The molecule has 0 saturated heterocycles. The van der Waals surface area contributed by atoms with Gasteiger partial charge in [0, 0.05) is 6.17 Å². The highest BCUT2D eigenvalue weighted by molar-refractivity contribution is 5.20. The highest BCUT2D eigenvalue weighted by Crippen LogP contribution is 1.85. The molecule has 0 fully saturated rings. The summed E-state index contributed by atoms with van der Waals surface area (Å²) in [5.41, 5.74) is -0.00463. The molecule has 0 aliphatic heterocycles. The van der Waals surface area contributed by atoms with Crippen LogP contribution in [0.2, 0.25) is 0 Å². The van der Waals surface area contributed by atoms with Crippen molar-refractivity contribution >= 4 is 0 Å². The average Bonchev–Trinajstić information content (AvgIpc) is 2.12. The van der Waals surface area contributed by atoms with E-state index in [1.807, 2.05) is 0 Å². The molecule has 7 heavy (non-hydrogen) atoms. The van der Waals surface area contributed by atoms with Gasteiger partial charge in [0.25, 0.3) is 0 Å². The van der Waals surface area contributed by atoms with Crippen LogP contribution in [-0.2, 0) is 0 Å². The van der Waals surface area contributed by atoms with Crippen molar-refractivity contribution < 1.29 is 2.74 Å². The molecule has 0 aromatic carbocycles. The van der Waals surface area contributed by atoms with Crippen LogP contribution in [0, 0.1) is 11.3 Å². The van der Waals surface area contributed by atoms with Gasteiger partial charge in [-0.05, 0) is 0 Å². The molecule has 0 radical (unpaired) electrons. The zero-order valence-electron chi connectivity index (χ0n) is 5.39. The lowest BCUT2D eigenvalue weighted by molar-refractivity contribution is 1.09. The average molecular weight is 95.1 g/mol. The number of nitrogens with zero attached hydrogens (tertiary/aromatic N) is 2. The fourth-order valence-electron chi connectivity index (χ4n) is 0.249. The van der Waals surface area contributed by atoms with Gasteiger partial charge in [-0.2, -0.15) is 10.4 Å². The molecule has 0 atom stereocenters. The van der Waals surface area contributed by atoms with Crippen LogP contribution in [0.5, 0.6) is 0 Å². The molecule has 34 valence electrons. The van der Waals surface area contributed by atoms with Gasteiger partial charge >= 0.3 is 0 Å². The van der Waals surface area contributed by atoms with Crippen LogP contribution in [0.15, 0.2) is 12.3 Å². The van der Waals surface area contributed by atoms with Crippen molar-refractivity contribution in [3.63, 3.8) is 0 Å². The van der Waals surface area contributed by atoms with Gasteiger partial charge in [0.05, 0.1) is 14.5 Å². The summed E-state index contributed by atoms with van der Waals surface area (Å²) in [5, 5.41) is 13.8. The number of aromatic nitrogens is 2. The number of rotatable bonds is 0. The Morgan fingerprint density at radius 1 is 2.14 bits per heavy atom. The molecule has 1 aromatic heterocycles. The molecule has 0 spiro atoms. The van der Waals surface area contributed by atoms with E-state index in [0.29, 0.717) is 0 Å². The van der Waals surface area contributed by atoms with E-state index >= 15 is 0 Å². The Balaban J connectivity index is 3.27. The lowest BCUT2D eigenvalue weighted by Crippen LogP contribution is -1.56. The molecule has 3 nitrogen and oxygen atoms in total. The molecular formula is C4H3N3. The van der Waals surface area contributed by atoms with E-state index in [4.69, 9.17) is 8.00 Å². The number of hydrogen-bond acceptors (Lipinski definition) is 2. The third-order valence-corrected chi connectivity index (χ3v) is 0.516. The molecule has 1 N–H and O–H groups in total. The van der Waals surface area contributed by atoms with Crippen LogP contribution in [-0.4, -0.2) is 10.2 Å². The van der Waals surface area contributed by atoms with E-state index in [-0.39, 0.29) is 17.9 Å². The van der Waals surface area contributed by atoms with Crippen molar-refractivity contribution in [3.8, 4) is 6.07 Å². The number of nitrogens with one attached hydrogen (secondary N) is 1. The van der Waals surface area contributed by atoms with E-state index < -0.39 is 0 Å². The van der Waals surface area contributed by atoms with Crippen molar-refractivity contribution in [3.05, 3.63) is 17.9 Å². The summed E-state index contributed by atoms with van der Waals surface area (Å²) in [6, 6.07) is 1.67. The first-order valence-corrected chi connectivity index (χ1v) is 1.67. The second kappa shape index (κ2) is 1.43. The molecule has 0 saturated carbocycles. The minimum atomic E-state index is -0.164. The zero-order chi connectivity index (χ0) is 6.85. The second-order valence-electron chi connectivity index (χ2n) is 0.947. The minimum absolute atomic E-state index is 0.00463. The summed E-state index contributed by atoms with van der Waals surface area (Å²) < 4.78 is 13.8. The summed E-state index contributed by atoms with van der Waals surface area (Å²) in [4.78, 5) is 0. The Hall–Kier alpha value is -1.30. The van der Waals surface area contributed by atoms with Crippen molar-refractivity contribution in [2.45, 2.75) is 0 Å². The standard InChI is InChI=1S/C4H3N3/c5-1-4-2-6-7-3-4/h2-3H,(H,6,7)/i2D,3D. The van der Waals surface area contributed by atoms with E-state index in [0.717, 1.165) is 0 Å². The van der Waals surface area contributed by atoms with Gasteiger partial charge in [-0.1, -0.05) is 0 Å². The summed E-state index contributed by atoms with van der Waals surface area (Å²) in [6.45, 7) is 0. The Bertz CT molecular complexity index is 240. The van der Waals surface area contributed by atoms with Crippen LogP contribution < -0.4 is 0 Å². The highest BCUT2D eigenvalue weighted by Gasteiger charge is 1.82. The first-order valence-electron chi connectivity index (χ1n) is 2.67. The van der Waals surface area contributed by atoms with E-state index in [1.165, 1.54) is 0 Å². The highest BCUT2D eigenvalue weighted by atomic mass is 15.1. The van der Waals surface area contributed by atoms with Crippen molar-refractivity contribution in [1.82, 2.24) is 10.2 Å². The Morgan fingerprint density at radius 3 is 3.29 bits per heavy atom. The third kappa shape index (κ3) is 0.578. The van der Waals surface area contributed by atoms with Gasteiger partial charge in [0.1, 0.15) is 6.07 Å². The minimum Gasteiger partial charge on any atom is -0.284 e. The molecule has 1 rings (SSSR count). The molecular weight excluding hydrogens is 90.1 g/mol. The SMILES string of the molecule is [2H]c1n[nH]c([2H])c1C#N. The summed E-state index contributed by atoms with van der Waals surface area (Å²) in [5.74, 6) is 0. The van der Waals surface area contributed by atoms with Crippen molar-refractivity contribution in [1.29, 1.82) is 5.26 Å². The predicted molar refractivity (Wildman–Crippen MR) is 23.3 cm³/mol. The summed E-state index contributed by atoms with van der Waals surface area (Å²) in [6.07, 6.45) is -0.259. The Labute approximate surface area is 43.4 Å². The van der Waals surface area contributed by atoms with Crippen LogP contribution >= 0.6 is 0 Å². The number of hydrogen-bond donors (Lipinski definition) is 1. The number of H-pyrrole nitrogens is 1. The van der Waals surface area contributed by atoms with Crippen molar-refractivity contribution in [2.24, 2.45) is 0 Å². The van der Waals surface area contributed by atoms with Crippen LogP contribution in [0.1, 0.15) is 8.30 Å². The number of aromatic amines is 1. The molecule has 0 amide bonds. The molecule has 0 aliphatic rings. The van der Waals surface area contributed by atoms with Crippen LogP contribution in [0.25, 0.3) is 0 Å². The van der Waals surface area contributed by atoms with Gasteiger partial charge in [-0.25, -0.2) is 0 Å². The topological polar surface area (TPSA) is 52.5 Å². The van der Waals surface area contributed by atoms with Crippen LogP contribution in [0.4, 0.5) is 0 Å². The van der Waals surface area contributed by atoms with Crippen molar-refractivity contribution in [2.75, 3.05) is 0 Å². The monoisotopic (exact) mass is 95.0 g/mol. The maximum Gasteiger partial charge on any atom is 0.102 e. The molecule has 0 aliphatic carbocycles. The first-order chi connectivity index (χ1) is 4.25. The smallest absolute Gasteiger partial charge is 0.102 e. The Morgan fingerprint density at radius 2 is 3.00 bits per heavy atom. The summed E-state index contributed by atoms with van der Waals surface area (Å²) >= 11 is 0. The summed E-state index contributed by atoms with van der Waals surface area (Å²) in [7, 11) is 0. The van der Waals surface area contributed by atoms with Gasteiger partial charge in [-0.15, -0.1) is 0 Å². The molecule has 0 bridgehead atoms. The third-order valence-electron chi connectivity index (χ3n) is 0.516. The second-order valence-corrected chi connectivity index (χ2v) is 0.947. The predicted octanol–water partition coefficient (Wildman–Crippen LogP) is 0.281. The molecule has 1 heterocycles. The zero-order valence-corrected chi connectivity index (χ0v) is 3.39. The van der Waals surface area contributed by atoms with Gasteiger partial charge < -0.3 is 0 Å². The van der Waals surface area contributed by atoms with Crippen LogP contribution in [0.3, 0.4) is 0 Å². The van der Waals surface area contributed by atoms with E-state index in [2.05, 4.69) is 10.2 Å². The fraction of sp³-hybridized carbons (Fsp3) is 0. The normalized spacial score (nSPS) is 11.9. The van der Waals surface area contributed by atoms with E-state index in [9.17, 15) is 0 Å². The maximum atomic E-state index is 8.24. The van der Waals surface area contributed by atoms with E-state index in [1.54, 1.807) is 6.07 Å². The molecule has 3 heteroatoms. The largest absolute Gasteiger partial charge is 0.284 e. The fourth-order valence-corrected chi connectivity index (χ4v) is 0.249. The first kappa shape index (κ1) is 2.12. The van der Waals surface area contributed by atoms with Gasteiger partial charge in [-0.3, -0.25) is 5.10 Å². The number of nitriles is 1.